The molecule has 1 aromatic rings. The highest BCUT2D eigenvalue weighted by Crippen LogP contribution is 2.34. The topological polar surface area (TPSA) is 127 Å². The average Bonchev–Trinajstić information content (AvgIpc) is 2.16. The molecule has 1 aromatic carbocycles. The molecule has 0 spiro atoms. The Morgan fingerprint density at radius 1 is 1.56 bits per heavy atom. The standard InChI is InChI=1S/C8H7FN2O5/c9-4-2-1-3(5(10)8(13)14)7(12)6(4)11(15)16/h1-2,5,12H,10H2,(H,13,14)/t5-/m0/s1. The van der Waals surface area contributed by atoms with Crippen molar-refractivity contribution in [3.8, 4) is 5.75 Å². The van der Waals surface area contributed by atoms with Gasteiger partial charge in [0.15, 0.2) is 0 Å². The monoisotopic (exact) mass is 230 g/mol. The molecular weight excluding hydrogens is 223 g/mol. The molecule has 0 fully saturated rings. The minimum Gasteiger partial charge on any atom is -0.502 e. The molecule has 7 nitrogen and oxygen atoms in total. The quantitative estimate of drug-likeness (QED) is 0.513. The number of aliphatic carboxylic acids is 1. The SMILES string of the molecule is N[C@H](C(=O)O)c1ccc(F)c([N+](=O)[O-])c1O. The Morgan fingerprint density at radius 3 is 2.56 bits per heavy atom. The number of carbonyl (C=O) groups is 1. The maximum absolute atomic E-state index is 13.0. The van der Waals surface area contributed by atoms with E-state index >= 15 is 0 Å². The Bertz CT molecular complexity index is 462. The number of carboxylic acid groups (broad SMARTS) is 1. The van der Waals surface area contributed by atoms with Crippen LogP contribution in [0.25, 0.3) is 0 Å². The van der Waals surface area contributed by atoms with E-state index in [2.05, 4.69) is 0 Å². The van der Waals surface area contributed by atoms with Crippen LogP contribution in [0.3, 0.4) is 0 Å². The van der Waals surface area contributed by atoms with Gasteiger partial charge in [-0.25, -0.2) is 0 Å². The average molecular weight is 230 g/mol. The van der Waals surface area contributed by atoms with Gasteiger partial charge in [0.2, 0.25) is 11.6 Å². The third kappa shape index (κ3) is 1.91. The van der Waals surface area contributed by atoms with Crippen molar-refractivity contribution in [3.63, 3.8) is 0 Å². The first-order valence-electron chi connectivity index (χ1n) is 4.00. The fourth-order valence-corrected chi connectivity index (χ4v) is 1.13. The van der Waals surface area contributed by atoms with Gasteiger partial charge in [-0.3, -0.25) is 14.9 Å². The highest BCUT2D eigenvalue weighted by Gasteiger charge is 2.28. The summed E-state index contributed by atoms with van der Waals surface area (Å²) < 4.78 is 13.0. The van der Waals surface area contributed by atoms with Crippen molar-refractivity contribution in [3.05, 3.63) is 33.6 Å². The molecule has 0 saturated heterocycles. The fourth-order valence-electron chi connectivity index (χ4n) is 1.13. The summed E-state index contributed by atoms with van der Waals surface area (Å²) in [5.74, 6) is -3.82. The smallest absolute Gasteiger partial charge is 0.346 e. The number of carboxylic acids is 1. The third-order valence-electron chi connectivity index (χ3n) is 1.92. The normalized spacial score (nSPS) is 12.1. The zero-order valence-corrected chi connectivity index (χ0v) is 7.75. The van der Waals surface area contributed by atoms with Crippen molar-refractivity contribution in [2.75, 3.05) is 0 Å². The van der Waals surface area contributed by atoms with E-state index in [4.69, 9.17) is 10.8 Å². The van der Waals surface area contributed by atoms with E-state index in [0.717, 1.165) is 6.07 Å². The number of phenolic OH excluding ortho intramolecular Hbond substituents is 1. The second kappa shape index (κ2) is 4.11. The molecule has 86 valence electrons. The summed E-state index contributed by atoms with van der Waals surface area (Å²) in [5, 5.41) is 28.3. The van der Waals surface area contributed by atoms with Crippen LogP contribution < -0.4 is 5.73 Å². The number of nitrogens with zero attached hydrogens (tertiary/aromatic N) is 1. The molecule has 0 aliphatic rings. The minimum absolute atomic E-state index is 0.416. The maximum atomic E-state index is 13.0. The van der Waals surface area contributed by atoms with Gasteiger partial charge >= 0.3 is 11.7 Å². The molecule has 0 heterocycles. The molecule has 0 aliphatic heterocycles. The van der Waals surface area contributed by atoms with Gasteiger partial charge in [0.05, 0.1) is 4.92 Å². The molecular formula is C8H7FN2O5. The van der Waals surface area contributed by atoms with Gasteiger partial charge < -0.3 is 15.9 Å². The Balaban J connectivity index is 3.40. The summed E-state index contributed by atoms with van der Waals surface area (Å²) in [7, 11) is 0. The fraction of sp³-hybridized carbons (Fsp3) is 0.125. The molecule has 0 aliphatic carbocycles. The number of benzene rings is 1. The van der Waals surface area contributed by atoms with Crippen LogP contribution >= 0.6 is 0 Å². The molecule has 0 aromatic heterocycles. The van der Waals surface area contributed by atoms with Gasteiger partial charge in [0.1, 0.15) is 6.04 Å². The van der Waals surface area contributed by atoms with Gasteiger partial charge in [0, 0.05) is 5.56 Å². The first-order valence-corrected chi connectivity index (χ1v) is 4.00. The van der Waals surface area contributed by atoms with Crippen molar-refractivity contribution in [2.24, 2.45) is 5.73 Å². The molecule has 4 N–H and O–H groups in total. The predicted octanol–water partition coefficient (Wildman–Crippen LogP) is 0.524. The number of hydrogen-bond donors (Lipinski definition) is 3. The lowest BCUT2D eigenvalue weighted by Gasteiger charge is -2.09. The van der Waals surface area contributed by atoms with Crippen LogP contribution in [0.1, 0.15) is 11.6 Å². The van der Waals surface area contributed by atoms with Crippen LogP contribution in [0.4, 0.5) is 10.1 Å². The van der Waals surface area contributed by atoms with Crippen molar-refractivity contribution in [1.82, 2.24) is 0 Å². The van der Waals surface area contributed by atoms with Gasteiger partial charge in [-0.05, 0) is 12.1 Å². The van der Waals surface area contributed by atoms with E-state index in [-0.39, 0.29) is 0 Å². The second-order valence-electron chi connectivity index (χ2n) is 2.91. The second-order valence-corrected chi connectivity index (χ2v) is 2.91. The number of hydrogen-bond acceptors (Lipinski definition) is 5. The maximum Gasteiger partial charge on any atom is 0.346 e. The van der Waals surface area contributed by atoms with Crippen LogP contribution in [-0.4, -0.2) is 21.1 Å². The van der Waals surface area contributed by atoms with E-state index in [0.29, 0.717) is 6.07 Å². The first-order chi connectivity index (χ1) is 7.36. The van der Waals surface area contributed by atoms with Crippen LogP contribution in [0.15, 0.2) is 12.1 Å². The molecule has 0 bridgehead atoms. The first kappa shape index (κ1) is 11.9. The van der Waals surface area contributed by atoms with Crippen molar-refractivity contribution in [2.45, 2.75) is 6.04 Å². The summed E-state index contributed by atoms with van der Waals surface area (Å²) in [4.78, 5) is 19.8. The summed E-state index contributed by atoms with van der Waals surface area (Å²) in [6, 6.07) is -0.0915. The van der Waals surface area contributed by atoms with E-state index in [1.165, 1.54) is 0 Å². The predicted molar refractivity (Wildman–Crippen MR) is 49.3 cm³/mol. The molecule has 1 rings (SSSR count). The summed E-state index contributed by atoms with van der Waals surface area (Å²) in [6.45, 7) is 0. The van der Waals surface area contributed by atoms with E-state index < -0.39 is 39.8 Å². The Labute approximate surface area is 88.1 Å². The molecule has 16 heavy (non-hydrogen) atoms. The number of nitro groups is 1. The van der Waals surface area contributed by atoms with E-state index in [9.17, 15) is 24.4 Å². The summed E-state index contributed by atoms with van der Waals surface area (Å²) in [6.07, 6.45) is 0. The zero-order chi connectivity index (χ0) is 12.5. The molecule has 0 radical (unpaired) electrons. The Kier molecular flexibility index (Phi) is 3.04. The molecule has 8 heteroatoms. The lowest BCUT2D eigenvalue weighted by Crippen LogP contribution is -2.21. The zero-order valence-electron chi connectivity index (χ0n) is 7.75. The van der Waals surface area contributed by atoms with Crippen molar-refractivity contribution >= 4 is 11.7 Å². The summed E-state index contributed by atoms with van der Waals surface area (Å²) in [5.41, 5.74) is 3.55. The largest absolute Gasteiger partial charge is 0.502 e. The summed E-state index contributed by atoms with van der Waals surface area (Å²) >= 11 is 0. The lowest BCUT2D eigenvalue weighted by molar-refractivity contribution is -0.388. The lowest BCUT2D eigenvalue weighted by atomic mass is 10.1. The van der Waals surface area contributed by atoms with Gasteiger partial charge in [0.25, 0.3) is 0 Å². The molecule has 1 atom stereocenters. The number of nitro benzene ring substituents is 1. The third-order valence-corrected chi connectivity index (χ3v) is 1.92. The van der Waals surface area contributed by atoms with Crippen LogP contribution in [-0.2, 0) is 4.79 Å². The van der Waals surface area contributed by atoms with Crippen molar-refractivity contribution in [1.29, 1.82) is 0 Å². The molecule has 0 unspecified atom stereocenters. The molecule has 0 amide bonds. The number of halogens is 1. The number of aromatic hydroxyl groups is 1. The van der Waals surface area contributed by atoms with Crippen LogP contribution in [0, 0.1) is 15.9 Å². The highest BCUT2D eigenvalue weighted by molar-refractivity contribution is 5.77. The molecule has 0 saturated carbocycles. The number of nitrogens with two attached hydrogens (primary N) is 1. The van der Waals surface area contributed by atoms with Crippen LogP contribution in [0.5, 0.6) is 5.75 Å². The van der Waals surface area contributed by atoms with Gasteiger partial charge in [-0.2, -0.15) is 4.39 Å². The van der Waals surface area contributed by atoms with E-state index in [1.54, 1.807) is 0 Å². The number of phenols is 1. The highest BCUT2D eigenvalue weighted by atomic mass is 19.1. The van der Waals surface area contributed by atoms with Crippen molar-refractivity contribution < 1.29 is 24.3 Å². The minimum atomic E-state index is -1.65. The van der Waals surface area contributed by atoms with Gasteiger partial charge in [-0.1, -0.05) is 0 Å². The van der Waals surface area contributed by atoms with E-state index in [1.807, 2.05) is 0 Å². The number of rotatable bonds is 3. The Hall–Kier alpha value is -2.22. The van der Waals surface area contributed by atoms with Crippen LogP contribution in [0.2, 0.25) is 0 Å². The Morgan fingerprint density at radius 2 is 2.12 bits per heavy atom. The van der Waals surface area contributed by atoms with Gasteiger partial charge in [-0.15, -0.1) is 0 Å².